The number of benzene rings is 2. The van der Waals surface area contributed by atoms with Crippen LogP contribution in [0.25, 0.3) is 0 Å². The Morgan fingerprint density at radius 2 is 1.70 bits per heavy atom. The third-order valence-electron chi connectivity index (χ3n) is 4.11. The predicted molar refractivity (Wildman–Crippen MR) is 100 cm³/mol. The monoisotopic (exact) mass is 350 g/mol. The van der Waals surface area contributed by atoms with Gasteiger partial charge >= 0.3 is 0 Å². The topological polar surface area (TPSA) is 15.3 Å². The lowest BCUT2D eigenvalue weighted by molar-refractivity contribution is 0.213. The Labute approximate surface area is 149 Å². The molecule has 0 saturated heterocycles. The Bertz CT molecular complexity index is 598. The summed E-state index contributed by atoms with van der Waals surface area (Å²) in [4.78, 5) is 2.46. The Kier molecular flexibility index (Phi) is 7.38. The second-order valence-corrected chi connectivity index (χ2v) is 6.36. The summed E-state index contributed by atoms with van der Waals surface area (Å²) in [5.74, 6) is 0. The Hall–Kier alpha value is -1.06. The van der Waals surface area contributed by atoms with Gasteiger partial charge in [-0.1, -0.05) is 73.4 Å². The molecule has 2 aromatic rings. The van der Waals surface area contributed by atoms with Gasteiger partial charge < -0.3 is 5.32 Å². The number of hydrogen-bond acceptors (Lipinski definition) is 2. The molecule has 124 valence electrons. The van der Waals surface area contributed by atoms with Crippen LogP contribution in [-0.4, -0.2) is 24.5 Å². The van der Waals surface area contributed by atoms with Gasteiger partial charge in [-0.25, -0.2) is 0 Å². The van der Waals surface area contributed by atoms with Crippen LogP contribution in [0.1, 0.15) is 31.0 Å². The maximum atomic E-state index is 6.24. The van der Waals surface area contributed by atoms with Gasteiger partial charge in [-0.05, 0) is 36.3 Å². The molecule has 0 spiro atoms. The van der Waals surface area contributed by atoms with Crippen LogP contribution in [0, 0.1) is 0 Å². The van der Waals surface area contributed by atoms with E-state index in [-0.39, 0.29) is 0 Å². The van der Waals surface area contributed by atoms with Crippen LogP contribution in [0.15, 0.2) is 48.5 Å². The molecule has 1 atom stereocenters. The SMILES string of the molecule is CCN(CC)C(CNCc1ccc(Cl)cc1Cl)c1ccccc1. The lowest BCUT2D eigenvalue weighted by atomic mass is 10.0. The van der Waals surface area contributed by atoms with Crippen molar-refractivity contribution in [2.45, 2.75) is 26.4 Å². The molecule has 0 radical (unpaired) electrons. The van der Waals surface area contributed by atoms with E-state index >= 15 is 0 Å². The molecule has 2 rings (SSSR count). The molecular formula is C19H24Cl2N2. The molecule has 0 aliphatic heterocycles. The van der Waals surface area contributed by atoms with E-state index in [9.17, 15) is 0 Å². The van der Waals surface area contributed by atoms with Gasteiger partial charge in [0.25, 0.3) is 0 Å². The van der Waals surface area contributed by atoms with Crippen molar-refractivity contribution in [3.05, 3.63) is 69.7 Å². The molecule has 0 saturated carbocycles. The standard InChI is InChI=1S/C19H24Cl2N2/c1-3-23(4-2)19(15-8-6-5-7-9-15)14-22-13-16-10-11-17(20)12-18(16)21/h5-12,19,22H,3-4,13-14H2,1-2H3. The second-order valence-electron chi connectivity index (χ2n) is 5.51. The first-order valence-corrected chi connectivity index (χ1v) is 8.85. The van der Waals surface area contributed by atoms with Crippen molar-refractivity contribution in [1.29, 1.82) is 0 Å². The van der Waals surface area contributed by atoms with Crippen molar-refractivity contribution in [3.63, 3.8) is 0 Å². The first-order chi connectivity index (χ1) is 11.2. The van der Waals surface area contributed by atoms with E-state index in [1.54, 1.807) is 6.07 Å². The van der Waals surface area contributed by atoms with Crippen LogP contribution in [0.4, 0.5) is 0 Å². The zero-order chi connectivity index (χ0) is 16.7. The number of likely N-dealkylation sites (N-methyl/N-ethyl adjacent to an activating group) is 1. The minimum absolute atomic E-state index is 0.359. The van der Waals surface area contributed by atoms with E-state index < -0.39 is 0 Å². The fourth-order valence-corrected chi connectivity index (χ4v) is 3.28. The maximum absolute atomic E-state index is 6.24. The lowest BCUT2D eigenvalue weighted by Gasteiger charge is -2.30. The minimum Gasteiger partial charge on any atom is -0.311 e. The van der Waals surface area contributed by atoms with E-state index in [0.717, 1.165) is 31.7 Å². The van der Waals surface area contributed by atoms with Gasteiger partial charge in [0.05, 0.1) is 0 Å². The van der Waals surface area contributed by atoms with E-state index in [1.807, 2.05) is 12.1 Å². The molecule has 0 aromatic heterocycles. The molecular weight excluding hydrogens is 327 g/mol. The van der Waals surface area contributed by atoms with Gasteiger partial charge in [0.1, 0.15) is 0 Å². The summed E-state index contributed by atoms with van der Waals surface area (Å²) in [5, 5.41) is 4.92. The van der Waals surface area contributed by atoms with Crippen molar-refractivity contribution >= 4 is 23.2 Å². The van der Waals surface area contributed by atoms with Crippen molar-refractivity contribution in [3.8, 4) is 0 Å². The van der Waals surface area contributed by atoms with Crippen LogP contribution < -0.4 is 5.32 Å². The van der Waals surface area contributed by atoms with Gasteiger partial charge in [-0.3, -0.25) is 4.90 Å². The van der Waals surface area contributed by atoms with Crippen LogP contribution >= 0.6 is 23.2 Å². The lowest BCUT2D eigenvalue weighted by Crippen LogP contribution is -2.35. The fourth-order valence-electron chi connectivity index (χ4n) is 2.81. The summed E-state index contributed by atoms with van der Waals surface area (Å²) in [6.45, 7) is 8.08. The van der Waals surface area contributed by atoms with Gasteiger partial charge in [-0.15, -0.1) is 0 Å². The summed E-state index contributed by atoms with van der Waals surface area (Å²) >= 11 is 12.2. The number of nitrogens with zero attached hydrogens (tertiary/aromatic N) is 1. The predicted octanol–water partition coefficient (Wildman–Crippen LogP) is 5.17. The number of rotatable bonds is 8. The quantitative estimate of drug-likeness (QED) is 0.706. The number of hydrogen-bond donors (Lipinski definition) is 1. The van der Waals surface area contributed by atoms with Gasteiger partial charge in [-0.2, -0.15) is 0 Å². The van der Waals surface area contributed by atoms with Crippen molar-refractivity contribution in [2.75, 3.05) is 19.6 Å². The zero-order valence-corrected chi connectivity index (χ0v) is 15.2. The first kappa shape index (κ1) is 18.3. The molecule has 2 nitrogen and oxygen atoms in total. The molecule has 0 bridgehead atoms. The third-order valence-corrected chi connectivity index (χ3v) is 4.69. The second kappa shape index (κ2) is 9.29. The summed E-state index contributed by atoms with van der Waals surface area (Å²) in [6, 6.07) is 16.7. The molecule has 0 fully saturated rings. The van der Waals surface area contributed by atoms with Crippen LogP contribution in [0.3, 0.4) is 0 Å². The van der Waals surface area contributed by atoms with E-state index in [2.05, 4.69) is 54.4 Å². The normalized spacial score (nSPS) is 12.6. The largest absolute Gasteiger partial charge is 0.311 e. The summed E-state index contributed by atoms with van der Waals surface area (Å²) < 4.78 is 0. The number of halogens is 2. The Balaban J connectivity index is 2.03. The Morgan fingerprint density at radius 3 is 2.30 bits per heavy atom. The fraction of sp³-hybridized carbons (Fsp3) is 0.368. The molecule has 1 N–H and O–H groups in total. The smallest absolute Gasteiger partial charge is 0.0472 e. The average Bonchev–Trinajstić information content (AvgIpc) is 2.57. The summed E-state index contributed by atoms with van der Waals surface area (Å²) in [7, 11) is 0. The summed E-state index contributed by atoms with van der Waals surface area (Å²) in [5.41, 5.74) is 2.41. The Morgan fingerprint density at radius 1 is 1.00 bits per heavy atom. The maximum Gasteiger partial charge on any atom is 0.0472 e. The average molecular weight is 351 g/mol. The molecule has 4 heteroatoms. The molecule has 0 aliphatic rings. The van der Waals surface area contributed by atoms with Gasteiger partial charge in [0, 0.05) is 29.2 Å². The van der Waals surface area contributed by atoms with Crippen molar-refractivity contribution in [2.24, 2.45) is 0 Å². The highest BCUT2D eigenvalue weighted by Gasteiger charge is 2.17. The van der Waals surface area contributed by atoms with Crippen LogP contribution in [-0.2, 0) is 6.54 Å². The molecule has 1 unspecified atom stereocenters. The van der Waals surface area contributed by atoms with Gasteiger partial charge in [0.15, 0.2) is 0 Å². The first-order valence-electron chi connectivity index (χ1n) is 8.09. The van der Waals surface area contributed by atoms with Gasteiger partial charge in [0.2, 0.25) is 0 Å². The van der Waals surface area contributed by atoms with E-state index in [4.69, 9.17) is 23.2 Å². The molecule has 23 heavy (non-hydrogen) atoms. The van der Waals surface area contributed by atoms with Crippen LogP contribution in [0.2, 0.25) is 10.0 Å². The highest BCUT2D eigenvalue weighted by molar-refractivity contribution is 6.35. The summed E-state index contributed by atoms with van der Waals surface area (Å²) in [6.07, 6.45) is 0. The van der Waals surface area contributed by atoms with Crippen molar-refractivity contribution in [1.82, 2.24) is 10.2 Å². The van der Waals surface area contributed by atoms with E-state index in [1.165, 1.54) is 5.56 Å². The zero-order valence-electron chi connectivity index (χ0n) is 13.7. The highest BCUT2D eigenvalue weighted by Crippen LogP contribution is 2.22. The third kappa shape index (κ3) is 5.22. The minimum atomic E-state index is 0.359. The molecule has 0 aliphatic carbocycles. The van der Waals surface area contributed by atoms with E-state index in [0.29, 0.717) is 16.1 Å². The highest BCUT2D eigenvalue weighted by atomic mass is 35.5. The molecule has 2 aromatic carbocycles. The molecule has 0 heterocycles. The number of nitrogens with one attached hydrogen (secondary N) is 1. The van der Waals surface area contributed by atoms with Crippen molar-refractivity contribution < 1.29 is 0 Å². The molecule has 0 amide bonds. The van der Waals surface area contributed by atoms with Crippen LogP contribution in [0.5, 0.6) is 0 Å².